The predicted octanol–water partition coefficient (Wildman–Crippen LogP) is 3.12. The molecule has 0 bridgehead atoms. The van der Waals surface area contributed by atoms with E-state index in [0.29, 0.717) is 23.2 Å². The normalized spacial score (nSPS) is 14.2. The highest BCUT2D eigenvalue weighted by Crippen LogP contribution is 2.39. The maximum Gasteiger partial charge on any atom is 0.217 e. The number of nitrogens with zero attached hydrogens (tertiary/aromatic N) is 3. The Morgan fingerprint density at radius 3 is 2.87 bits per heavy atom. The molecule has 0 spiro atoms. The fourth-order valence-electron chi connectivity index (χ4n) is 2.29. The Balaban J connectivity index is 1.73. The number of aromatic nitrogens is 3. The van der Waals surface area contributed by atoms with Crippen LogP contribution in [0.2, 0.25) is 5.02 Å². The maximum absolute atomic E-state index is 13.1. The van der Waals surface area contributed by atoms with Crippen molar-refractivity contribution in [2.45, 2.75) is 42.6 Å². The van der Waals surface area contributed by atoms with Crippen LogP contribution in [0, 0.1) is 5.82 Å². The Labute approximate surface area is 142 Å². The highest BCUT2D eigenvalue weighted by atomic mass is 35.5. The lowest BCUT2D eigenvalue weighted by molar-refractivity contribution is -0.118. The lowest BCUT2D eigenvalue weighted by Gasteiger charge is -2.09. The Morgan fingerprint density at radius 2 is 2.22 bits per heavy atom. The van der Waals surface area contributed by atoms with Gasteiger partial charge in [-0.05, 0) is 30.5 Å². The van der Waals surface area contributed by atoms with E-state index in [1.165, 1.54) is 23.9 Å². The Hall–Kier alpha value is -1.60. The predicted molar refractivity (Wildman–Crippen MR) is 86.8 cm³/mol. The molecule has 0 atom stereocenters. The van der Waals surface area contributed by atoms with E-state index in [4.69, 9.17) is 17.3 Å². The minimum atomic E-state index is -0.348. The van der Waals surface area contributed by atoms with Crippen LogP contribution >= 0.6 is 23.4 Å². The Morgan fingerprint density at radius 1 is 1.43 bits per heavy atom. The molecule has 1 aliphatic carbocycles. The molecule has 122 valence electrons. The van der Waals surface area contributed by atoms with Crippen LogP contribution in [0.15, 0.2) is 23.4 Å². The number of hydrogen-bond acceptors (Lipinski definition) is 4. The van der Waals surface area contributed by atoms with E-state index >= 15 is 0 Å². The number of halogens is 2. The first-order valence-corrected chi connectivity index (χ1v) is 8.69. The molecule has 2 N–H and O–H groups in total. The minimum absolute atomic E-state index is 0.263. The summed E-state index contributed by atoms with van der Waals surface area (Å²) in [5.74, 6) is 0.681. The molecular formula is C15H16ClFN4OS. The average Bonchev–Trinajstić information content (AvgIpc) is 3.25. The van der Waals surface area contributed by atoms with Crippen molar-refractivity contribution in [1.82, 2.24) is 14.8 Å². The largest absolute Gasteiger partial charge is 0.370 e. The van der Waals surface area contributed by atoms with E-state index in [0.717, 1.165) is 29.4 Å². The smallest absolute Gasteiger partial charge is 0.217 e. The highest BCUT2D eigenvalue weighted by molar-refractivity contribution is 7.98. The van der Waals surface area contributed by atoms with Crippen LogP contribution in [0.5, 0.6) is 0 Å². The van der Waals surface area contributed by atoms with Gasteiger partial charge in [-0.2, -0.15) is 0 Å². The van der Waals surface area contributed by atoms with Gasteiger partial charge in [-0.1, -0.05) is 29.4 Å². The Kier molecular flexibility index (Phi) is 4.87. The van der Waals surface area contributed by atoms with Gasteiger partial charge in [0, 0.05) is 29.7 Å². The zero-order chi connectivity index (χ0) is 16.4. The molecule has 0 saturated heterocycles. The molecule has 1 heterocycles. The molecule has 2 aromatic rings. The molecule has 1 saturated carbocycles. The first-order chi connectivity index (χ1) is 11.0. The Bertz CT molecular complexity index is 732. The fraction of sp³-hybridized carbons (Fsp3) is 0.400. The van der Waals surface area contributed by atoms with Crippen molar-refractivity contribution >= 4 is 29.3 Å². The molecule has 1 fully saturated rings. The third kappa shape index (κ3) is 4.03. The molecule has 0 radical (unpaired) electrons. The molecule has 23 heavy (non-hydrogen) atoms. The number of primary amides is 1. The lowest BCUT2D eigenvalue weighted by Crippen LogP contribution is -2.13. The zero-order valence-corrected chi connectivity index (χ0v) is 13.9. The monoisotopic (exact) mass is 354 g/mol. The number of benzene rings is 1. The molecule has 1 aromatic carbocycles. The first-order valence-electron chi connectivity index (χ1n) is 7.33. The van der Waals surface area contributed by atoms with Gasteiger partial charge in [0.05, 0.1) is 0 Å². The summed E-state index contributed by atoms with van der Waals surface area (Å²) >= 11 is 7.56. The van der Waals surface area contributed by atoms with Gasteiger partial charge in [-0.25, -0.2) is 4.39 Å². The number of thioether (sulfide) groups is 1. The van der Waals surface area contributed by atoms with Gasteiger partial charge in [0.2, 0.25) is 5.91 Å². The van der Waals surface area contributed by atoms with Gasteiger partial charge < -0.3 is 10.3 Å². The van der Waals surface area contributed by atoms with Crippen molar-refractivity contribution < 1.29 is 9.18 Å². The van der Waals surface area contributed by atoms with Crippen molar-refractivity contribution in [1.29, 1.82) is 0 Å². The van der Waals surface area contributed by atoms with E-state index in [2.05, 4.69) is 14.8 Å². The third-order valence-corrected chi connectivity index (χ3v) is 4.96. The van der Waals surface area contributed by atoms with Crippen molar-refractivity contribution in [3.05, 3.63) is 40.4 Å². The number of aryl methyl sites for hydroxylation is 1. The summed E-state index contributed by atoms with van der Waals surface area (Å²) in [7, 11) is 0. The van der Waals surface area contributed by atoms with Crippen LogP contribution in [0.1, 0.15) is 36.7 Å². The van der Waals surface area contributed by atoms with Crippen LogP contribution in [0.25, 0.3) is 0 Å². The zero-order valence-electron chi connectivity index (χ0n) is 12.3. The molecule has 8 heteroatoms. The number of carbonyl (C=O) groups is 1. The van der Waals surface area contributed by atoms with Crippen molar-refractivity contribution in [2.75, 3.05) is 0 Å². The molecule has 3 rings (SSSR count). The van der Waals surface area contributed by atoms with E-state index in [1.54, 1.807) is 6.07 Å². The average molecular weight is 355 g/mol. The topological polar surface area (TPSA) is 73.8 Å². The van der Waals surface area contributed by atoms with Gasteiger partial charge in [0.1, 0.15) is 11.6 Å². The number of nitrogens with two attached hydrogens (primary N) is 1. The molecule has 1 amide bonds. The van der Waals surface area contributed by atoms with Gasteiger partial charge in [-0.3, -0.25) is 4.79 Å². The fourth-order valence-corrected chi connectivity index (χ4v) is 3.63. The van der Waals surface area contributed by atoms with Gasteiger partial charge >= 0.3 is 0 Å². The van der Waals surface area contributed by atoms with Crippen LogP contribution in [-0.2, 0) is 17.0 Å². The summed E-state index contributed by atoms with van der Waals surface area (Å²) in [5.41, 5.74) is 6.05. The molecule has 0 aliphatic heterocycles. The SMILES string of the molecule is NC(=O)CCc1nnc(SCc2ccc(F)cc2Cl)n1C1CC1. The van der Waals surface area contributed by atoms with Crippen LogP contribution in [0.4, 0.5) is 4.39 Å². The summed E-state index contributed by atoms with van der Waals surface area (Å²) in [5, 5.41) is 9.62. The van der Waals surface area contributed by atoms with Gasteiger partial charge in [0.25, 0.3) is 0 Å². The summed E-state index contributed by atoms with van der Waals surface area (Å²) < 4.78 is 15.2. The lowest BCUT2D eigenvalue weighted by atomic mass is 10.2. The second kappa shape index (κ2) is 6.88. The standard InChI is InChI=1S/C15H16ClFN4OS/c16-12-7-10(17)2-1-9(12)8-23-15-20-19-14(6-5-13(18)22)21(15)11-3-4-11/h1-2,7,11H,3-6,8H2,(H2,18,22). The highest BCUT2D eigenvalue weighted by Gasteiger charge is 2.29. The van der Waals surface area contributed by atoms with Crippen molar-refractivity contribution in [3.8, 4) is 0 Å². The van der Waals surface area contributed by atoms with Crippen LogP contribution < -0.4 is 5.73 Å². The quantitative estimate of drug-likeness (QED) is 0.775. The van der Waals surface area contributed by atoms with Crippen molar-refractivity contribution in [2.24, 2.45) is 5.73 Å². The second-order valence-corrected chi connectivity index (χ2v) is 6.84. The third-order valence-electron chi connectivity index (χ3n) is 3.61. The summed E-state index contributed by atoms with van der Waals surface area (Å²) in [4.78, 5) is 11.0. The van der Waals surface area contributed by atoms with E-state index in [1.807, 2.05) is 0 Å². The maximum atomic E-state index is 13.1. The summed E-state index contributed by atoms with van der Waals surface area (Å²) in [6, 6.07) is 4.78. The number of carbonyl (C=O) groups excluding carboxylic acids is 1. The molecule has 1 aromatic heterocycles. The minimum Gasteiger partial charge on any atom is -0.370 e. The number of amides is 1. The molecular weight excluding hydrogens is 339 g/mol. The molecule has 5 nitrogen and oxygen atoms in total. The van der Waals surface area contributed by atoms with E-state index in [-0.39, 0.29) is 18.1 Å². The first kappa shape index (κ1) is 16.3. The summed E-state index contributed by atoms with van der Waals surface area (Å²) in [6.07, 6.45) is 2.94. The van der Waals surface area contributed by atoms with Gasteiger partial charge in [-0.15, -0.1) is 10.2 Å². The van der Waals surface area contributed by atoms with Crippen molar-refractivity contribution in [3.63, 3.8) is 0 Å². The van der Waals surface area contributed by atoms with Crippen LogP contribution in [-0.4, -0.2) is 20.7 Å². The number of hydrogen-bond donors (Lipinski definition) is 1. The van der Waals surface area contributed by atoms with E-state index < -0.39 is 0 Å². The molecule has 1 aliphatic rings. The molecule has 0 unspecified atom stereocenters. The van der Waals surface area contributed by atoms with Crippen LogP contribution in [0.3, 0.4) is 0 Å². The number of rotatable bonds is 7. The van der Waals surface area contributed by atoms with E-state index in [9.17, 15) is 9.18 Å². The van der Waals surface area contributed by atoms with Gasteiger partial charge in [0.15, 0.2) is 5.16 Å². The summed E-state index contributed by atoms with van der Waals surface area (Å²) in [6.45, 7) is 0. The second-order valence-electron chi connectivity index (χ2n) is 5.49.